The summed E-state index contributed by atoms with van der Waals surface area (Å²) in [5, 5.41) is 0. The highest BCUT2D eigenvalue weighted by atomic mass is 16.5. The largest absolute Gasteiger partial charge is 0.492 e. The zero-order valence-electron chi connectivity index (χ0n) is 11.2. The van der Waals surface area contributed by atoms with Crippen LogP contribution in [0.4, 0.5) is 11.4 Å². The maximum absolute atomic E-state index is 5.90. The lowest BCUT2D eigenvalue weighted by Gasteiger charge is -2.25. The normalized spacial score (nSPS) is 20.6. The van der Waals surface area contributed by atoms with Crippen LogP contribution in [0.25, 0.3) is 0 Å². The predicted molar refractivity (Wildman–Crippen MR) is 74.3 cm³/mol. The van der Waals surface area contributed by atoms with E-state index in [-0.39, 0.29) is 6.10 Å². The minimum Gasteiger partial charge on any atom is -0.492 e. The van der Waals surface area contributed by atoms with Gasteiger partial charge in [-0.3, -0.25) is 0 Å². The molecule has 0 aromatic heterocycles. The molecule has 18 heavy (non-hydrogen) atoms. The van der Waals surface area contributed by atoms with Gasteiger partial charge in [0.05, 0.1) is 18.4 Å². The van der Waals surface area contributed by atoms with Gasteiger partial charge in [-0.05, 0) is 32.4 Å². The molecule has 2 rings (SSSR count). The number of ether oxygens (including phenoxy) is 2. The Balaban J connectivity index is 2.18. The molecule has 1 heterocycles. The van der Waals surface area contributed by atoms with E-state index < -0.39 is 0 Å². The Kier molecular flexibility index (Phi) is 4.31. The predicted octanol–water partition coefficient (Wildman–Crippen LogP) is 2.28. The molecule has 1 aromatic rings. The molecule has 2 N–H and O–H groups in total. The molecule has 1 fully saturated rings. The van der Waals surface area contributed by atoms with Crippen molar-refractivity contribution in [2.45, 2.75) is 26.4 Å². The van der Waals surface area contributed by atoms with E-state index in [1.165, 1.54) is 0 Å². The average Bonchev–Trinajstić information content (AvgIpc) is 2.57. The number of nitrogen functional groups attached to an aromatic ring is 1. The van der Waals surface area contributed by atoms with Crippen molar-refractivity contribution in [3.8, 4) is 5.75 Å². The van der Waals surface area contributed by atoms with Crippen LogP contribution in [0, 0.1) is 0 Å². The van der Waals surface area contributed by atoms with Gasteiger partial charge in [-0.15, -0.1) is 0 Å². The third-order valence-electron chi connectivity index (χ3n) is 3.11. The zero-order valence-corrected chi connectivity index (χ0v) is 11.2. The fourth-order valence-corrected chi connectivity index (χ4v) is 2.23. The van der Waals surface area contributed by atoms with Crippen LogP contribution in [0.5, 0.6) is 5.75 Å². The summed E-state index contributed by atoms with van der Waals surface area (Å²) in [5.41, 5.74) is 7.75. The first-order chi connectivity index (χ1) is 8.70. The number of benzene rings is 1. The van der Waals surface area contributed by atoms with Crippen molar-refractivity contribution in [2.24, 2.45) is 0 Å². The molecule has 100 valence electrons. The number of hydrogen-bond acceptors (Lipinski definition) is 4. The maximum atomic E-state index is 5.90. The number of nitrogens with two attached hydrogens (primary N) is 1. The molecule has 0 bridgehead atoms. The standard InChI is InChI=1S/C14H22N2O2/c1-3-17-14-9-12(5-6-13(14)15)16-7-4-8-18-11(2)10-16/h5-6,9,11H,3-4,7-8,10,15H2,1-2H3. The van der Waals surface area contributed by atoms with Crippen LogP contribution < -0.4 is 15.4 Å². The van der Waals surface area contributed by atoms with E-state index in [0.717, 1.165) is 37.6 Å². The molecule has 0 spiro atoms. The van der Waals surface area contributed by atoms with E-state index >= 15 is 0 Å². The van der Waals surface area contributed by atoms with Crippen molar-refractivity contribution in [3.63, 3.8) is 0 Å². The van der Waals surface area contributed by atoms with Crippen LogP contribution in [-0.2, 0) is 4.74 Å². The number of nitrogens with zero attached hydrogens (tertiary/aromatic N) is 1. The van der Waals surface area contributed by atoms with E-state index in [0.29, 0.717) is 12.3 Å². The molecule has 4 heteroatoms. The van der Waals surface area contributed by atoms with Gasteiger partial charge in [-0.25, -0.2) is 0 Å². The van der Waals surface area contributed by atoms with Gasteiger partial charge in [0, 0.05) is 31.5 Å². The molecule has 4 nitrogen and oxygen atoms in total. The molecule has 1 atom stereocenters. The second kappa shape index (κ2) is 5.96. The first-order valence-electron chi connectivity index (χ1n) is 6.59. The van der Waals surface area contributed by atoms with Crippen LogP contribution in [0.3, 0.4) is 0 Å². The SMILES string of the molecule is CCOc1cc(N2CCCOC(C)C2)ccc1N. The molecular weight excluding hydrogens is 228 g/mol. The molecule has 0 radical (unpaired) electrons. The molecule has 1 aliphatic rings. The summed E-state index contributed by atoms with van der Waals surface area (Å²) >= 11 is 0. The van der Waals surface area contributed by atoms with E-state index in [2.05, 4.69) is 17.9 Å². The lowest BCUT2D eigenvalue weighted by Crippen LogP contribution is -2.30. The quantitative estimate of drug-likeness (QED) is 0.836. The summed E-state index contributed by atoms with van der Waals surface area (Å²) in [6, 6.07) is 5.99. The topological polar surface area (TPSA) is 47.7 Å². The molecule has 0 aliphatic carbocycles. The van der Waals surface area contributed by atoms with Gasteiger partial charge >= 0.3 is 0 Å². The van der Waals surface area contributed by atoms with Gasteiger partial charge in [0.2, 0.25) is 0 Å². The molecule has 0 saturated carbocycles. The van der Waals surface area contributed by atoms with Crippen molar-refractivity contribution < 1.29 is 9.47 Å². The minimum atomic E-state index is 0.264. The Morgan fingerprint density at radius 2 is 2.33 bits per heavy atom. The summed E-state index contributed by atoms with van der Waals surface area (Å²) in [4.78, 5) is 2.33. The van der Waals surface area contributed by atoms with Gasteiger partial charge < -0.3 is 20.1 Å². The van der Waals surface area contributed by atoms with Crippen LogP contribution in [0.15, 0.2) is 18.2 Å². The Bertz CT molecular complexity index is 395. The van der Waals surface area contributed by atoms with Crippen LogP contribution in [0.2, 0.25) is 0 Å². The first-order valence-corrected chi connectivity index (χ1v) is 6.59. The summed E-state index contributed by atoms with van der Waals surface area (Å²) in [6.45, 7) is 7.47. The third kappa shape index (κ3) is 3.07. The summed E-state index contributed by atoms with van der Waals surface area (Å²) in [6.07, 6.45) is 1.32. The molecule has 1 aromatic carbocycles. The molecule has 1 unspecified atom stereocenters. The Labute approximate surface area is 109 Å². The Morgan fingerprint density at radius 3 is 3.11 bits per heavy atom. The van der Waals surface area contributed by atoms with Crippen LogP contribution >= 0.6 is 0 Å². The van der Waals surface area contributed by atoms with E-state index in [1.807, 2.05) is 19.1 Å². The average molecular weight is 250 g/mol. The Morgan fingerprint density at radius 1 is 1.50 bits per heavy atom. The van der Waals surface area contributed by atoms with Gasteiger partial charge in [0.25, 0.3) is 0 Å². The van der Waals surface area contributed by atoms with Gasteiger partial charge in [-0.1, -0.05) is 0 Å². The molecular formula is C14H22N2O2. The van der Waals surface area contributed by atoms with Crippen LogP contribution in [0.1, 0.15) is 20.3 Å². The summed E-state index contributed by atoms with van der Waals surface area (Å²) in [7, 11) is 0. The second-order valence-electron chi connectivity index (χ2n) is 4.64. The van der Waals surface area contributed by atoms with Crippen LogP contribution in [-0.4, -0.2) is 32.4 Å². The lowest BCUT2D eigenvalue weighted by molar-refractivity contribution is 0.0821. The fourth-order valence-electron chi connectivity index (χ4n) is 2.23. The highest BCUT2D eigenvalue weighted by molar-refractivity contribution is 5.62. The van der Waals surface area contributed by atoms with Crippen molar-refractivity contribution >= 4 is 11.4 Å². The van der Waals surface area contributed by atoms with Gasteiger partial charge in [-0.2, -0.15) is 0 Å². The van der Waals surface area contributed by atoms with Crippen molar-refractivity contribution in [1.29, 1.82) is 0 Å². The molecule has 1 aliphatic heterocycles. The van der Waals surface area contributed by atoms with Crippen molar-refractivity contribution in [2.75, 3.05) is 36.9 Å². The number of rotatable bonds is 3. The van der Waals surface area contributed by atoms with Gasteiger partial charge in [0.15, 0.2) is 0 Å². The van der Waals surface area contributed by atoms with Crippen molar-refractivity contribution in [3.05, 3.63) is 18.2 Å². The zero-order chi connectivity index (χ0) is 13.0. The van der Waals surface area contributed by atoms with Crippen molar-refractivity contribution in [1.82, 2.24) is 0 Å². The second-order valence-corrected chi connectivity index (χ2v) is 4.64. The summed E-state index contributed by atoms with van der Waals surface area (Å²) in [5.74, 6) is 0.771. The highest BCUT2D eigenvalue weighted by Gasteiger charge is 2.16. The number of hydrogen-bond donors (Lipinski definition) is 1. The van der Waals surface area contributed by atoms with E-state index in [9.17, 15) is 0 Å². The Hall–Kier alpha value is -1.42. The molecule has 1 saturated heterocycles. The number of anilines is 2. The van der Waals surface area contributed by atoms with E-state index in [1.54, 1.807) is 0 Å². The highest BCUT2D eigenvalue weighted by Crippen LogP contribution is 2.28. The van der Waals surface area contributed by atoms with Gasteiger partial charge in [0.1, 0.15) is 5.75 Å². The monoisotopic (exact) mass is 250 g/mol. The maximum Gasteiger partial charge on any atom is 0.144 e. The summed E-state index contributed by atoms with van der Waals surface area (Å²) < 4.78 is 11.2. The molecule has 0 amide bonds. The fraction of sp³-hybridized carbons (Fsp3) is 0.571. The first kappa shape index (κ1) is 13.0. The minimum absolute atomic E-state index is 0.264. The lowest BCUT2D eigenvalue weighted by atomic mass is 10.2. The smallest absolute Gasteiger partial charge is 0.144 e. The van der Waals surface area contributed by atoms with E-state index in [4.69, 9.17) is 15.2 Å². The third-order valence-corrected chi connectivity index (χ3v) is 3.11.